The Bertz CT molecular complexity index is 708. The first-order chi connectivity index (χ1) is 11.2. The van der Waals surface area contributed by atoms with Crippen LogP contribution in [0.15, 0.2) is 42.5 Å². The average Bonchev–Trinajstić information content (AvgIpc) is 2.93. The number of rotatable bonds is 5. The summed E-state index contributed by atoms with van der Waals surface area (Å²) >= 11 is 0. The number of carbonyl (C=O) groups excluding carboxylic acids is 1. The van der Waals surface area contributed by atoms with Crippen LogP contribution in [0, 0.1) is 0 Å². The summed E-state index contributed by atoms with van der Waals surface area (Å²) in [4.78, 5) is 12.2. The molecule has 0 saturated heterocycles. The van der Waals surface area contributed by atoms with Gasteiger partial charge in [-0.2, -0.15) is 0 Å². The van der Waals surface area contributed by atoms with Gasteiger partial charge in [-0.3, -0.25) is 0 Å². The molecule has 0 fully saturated rings. The van der Waals surface area contributed by atoms with E-state index in [1.54, 1.807) is 20.3 Å². The standard InChI is InChI=1S/C18H18O5/c1-20-12-9-7-11(8-10-12)16(22-3)17-13-5-4-6-14(21-2)15(13)18(19)23-17/h4-10,16-17H,1-3H3/t16-,17+/m1/s1. The van der Waals surface area contributed by atoms with Crippen molar-refractivity contribution in [3.63, 3.8) is 0 Å². The number of esters is 1. The zero-order chi connectivity index (χ0) is 16.4. The Morgan fingerprint density at radius 2 is 1.74 bits per heavy atom. The van der Waals surface area contributed by atoms with Crippen LogP contribution in [0.2, 0.25) is 0 Å². The van der Waals surface area contributed by atoms with Crippen molar-refractivity contribution in [1.82, 2.24) is 0 Å². The van der Waals surface area contributed by atoms with Crippen LogP contribution in [0.25, 0.3) is 0 Å². The molecule has 1 heterocycles. The van der Waals surface area contributed by atoms with Crippen LogP contribution in [0.3, 0.4) is 0 Å². The monoisotopic (exact) mass is 314 g/mol. The topological polar surface area (TPSA) is 54.0 Å². The van der Waals surface area contributed by atoms with Gasteiger partial charge in [-0.1, -0.05) is 24.3 Å². The number of hydrogen-bond donors (Lipinski definition) is 0. The van der Waals surface area contributed by atoms with Crippen molar-refractivity contribution in [2.45, 2.75) is 12.2 Å². The maximum Gasteiger partial charge on any atom is 0.343 e. The largest absolute Gasteiger partial charge is 0.497 e. The van der Waals surface area contributed by atoms with Crippen LogP contribution in [-0.4, -0.2) is 27.3 Å². The first-order valence-electron chi connectivity index (χ1n) is 7.24. The highest BCUT2D eigenvalue weighted by Crippen LogP contribution is 2.44. The Kier molecular flexibility index (Phi) is 4.21. The lowest BCUT2D eigenvalue weighted by molar-refractivity contribution is -0.0296. The summed E-state index contributed by atoms with van der Waals surface area (Å²) in [5.74, 6) is 0.881. The molecule has 120 valence electrons. The SMILES string of the molecule is COc1ccc([C@@H](OC)[C@H]2OC(=O)c3c(OC)cccc32)cc1. The van der Waals surface area contributed by atoms with E-state index in [-0.39, 0.29) is 0 Å². The first-order valence-corrected chi connectivity index (χ1v) is 7.24. The summed E-state index contributed by atoms with van der Waals surface area (Å²) in [5, 5.41) is 0. The lowest BCUT2D eigenvalue weighted by Gasteiger charge is -2.22. The molecule has 0 bridgehead atoms. The maximum atomic E-state index is 12.2. The molecule has 5 nitrogen and oxygen atoms in total. The van der Waals surface area contributed by atoms with Gasteiger partial charge in [0, 0.05) is 12.7 Å². The van der Waals surface area contributed by atoms with Crippen molar-refractivity contribution in [2.24, 2.45) is 0 Å². The Balaban J connectivity index is 1.99. The van der Waals surface area contributed by atoms with Gasteiger partial charge in [-0.15, -0.1) is 0 Å². The number of methoxy groups -OCH3 is 3. The van der Waals surface area contributed by atoms with E-state index in [2.05, 4.69) is 0 Å². The molecule has 2 atom stereocenters. The van der Waals surface area contributed by atoms with Crippen molar-refractivity contribution in [2.75, 3.05) is 21.3 Å². The van der Waals surface area contributed by atoms with Crippen molar-refractivity contribution < 1.29 is 23.7 Å². The van der Waals surface area contributed by atoms with Crippen LogP contribution in [-0.2, 0) is 9.47 Å². The Hall–Kier alpha value is -2.53. The van der Waals surface area contributed by atoms with Crippen molar-refractivity contribution >= 4 is 5.97 Å². The number of hydrogen-bond acceptors (Lipinski definition) is 5. The molecular weight excluding hydrogens is 296 g/mol. The molecule has 5 heteroatoms. The van der Waals surface area contributed by atoms with Gasteiger partial charge in [0.25, 0.3) is 0 Å². The second-order valence-corrected chi connectivity index (χ2v) is 5.18. The van der Waals surface area contributed by atoms with Gasteiger partial charge in [0.2, 0.25) is 0 Å². The second-order valence-electron chi connectivity index (χ2n) is 5.18. The van der Waals surface area contributed by atoms with Crippen molar-refractivity contribution in [1.29, 1.82) is 0 Å². The van der Waals surface area contributed by atoms with Crippen LogP contribution in [0.5, 0.6) is 11.5 Å². The first kappa shape index (κ1) is 15.4. The van der Waals surface area contributed by atoms with Crippen LogP contribution in [0.4, 0.5) is 0 Å². The molecule has 0 spiro atoms. The quantitative estimate of drug-likeness (QED) is 0.793. The number of cyclic esters (lactones) is 1. The van der Waals surface area contributed by atoms with Crippen LogP contribution < -0.4 is 9.47 Å². The molecule has 0 aromatic heterocycles. The fraction of sp³-hybridized carbons (Fsp3) is 0.278. The van der Waals surface area contributed by atoms with Gasteiger partial charge in [0.05, 0.1) is 14.2 Å². The summed E-state index contributed by atoms with van der Waals surface area (Å²) in [6.07, 6.45) is -0.913. The molecule has 23 heavy (non-hydrogen) atoms. The summed E-state index contributed by atoms with van der Waals surface area (Å²) in [7, 11) is 4.75. The van der Waals surface area contributed by atoms with Gasteiger partial charge in [-0.05, 0) is 23.8 Å². The minimum atomic E-state index is -0.508. The zero-order valence-electron chi connectivity index (χ0n) is 13.2. The van der Waals surface area contributed by atoms with Gasteiger partial charge in [0.15, 0.2) is 6.10 Å². The fourth-order valence-corrected chi connectivity index (χ4v) is 2.86. The molecule has 0 saturated carbocycles. The lowest BCUT2D eigenvalue weighted by Crippen LogP contribution is -2.13. The predicted octanol–water partition coefficient (Wildman–Crippen LogP) is 3.30. The Morgan fingerprint density at radius 1 is 1.00 bits per heavy atom. The highest BCUT2D eigenvalue weighted by molar-refractivity contribution is 5.97. The van der Waals surface area contributed by atoms with Crippen LogP contribution in [0.1, 0.15) is 33.7 Å². The normalized spacial score (nSPS) is 17.3. The number of ether oxygens (including phenoxy) is 4. The highest BCUT2D eigenvalue weighted by atomic mass is 16.6. The lowest BCUT2D eigenvalue weighted by atomic mass is 9.96. The molecule has 2 aromatic carbocycles. The number of fused-ring (bicyclic) bond motifs is 1. The third-order valence-corrected chi connectivity index (χ3v) is 4.00. The highest BCUT2D eigenvalue weighted by Gasteiger charge is 2.39. The summed E-state index contributed by atoms with van der Waals surface area (Å²) < 4.78 is 21.6. The predicted molar refractivity (Wildman–Crippen MR) is 83.9 cm³/mol. The second kappa shape index (κ2) is 6.30. The zero-order valence-corrected chi connectivity index (χ0v) is 13.2. The van der Waals surface area contributed by atoms with Gasteiger partial charge in [0.1, 0.15) is 23.2 Å². The summed E-state index contributed by atoms with van der Waals surface area (Å²) in [6.45, 7) is 0. The van der Waals surface area contributed by atoms with E-state index >= 15 is 0 Å². The number of carbonyl (C=O) groups is 1. The molecule has 0 aliphatic carbocycles. The maximum absolute atomic E-state index is 12.2. The molecule has 1 aliphatic rings. The van der Waals surface area contributed by atoms with Gasteiger partial charge < -0.3 is 18.9 Å². The minimum Gasteiger partial charge on any atom is -0.497 e. The van der Waals surface area contributed by atoms with Crippen molar-refractivity contribution in [3.8, 4) is 11.5 Å². The van der Waals surface area contributed by atoms with E-state index in [0.29, 0.717) is 11.3 Å². The van der Waals surface area contributed by atoms with E-state index in [0.717, 1.165) is 16.9 Å². The van der Waals surface area contributed by atoms with E-state index in [1.165, 1.54) is 7.11 Å². The summed E-state index contributed by atoms with van der Waals surface area (Å²) in [6, 6.07) is 13.0. The van der Waals surface area contributed by atoms with Crippen molar-refractivity contribution in [3.05, 3.63) is 59.2 Å². The molecule has 0 radical (unpaired) electrons. The molecule has 0 unspecified atom stereocenters. The molecule has 2 aromatic rings. The molecule has 0 N–H and O–H groups in total. The molecule has 0 amide bonds. The van der Waals surface area contributed by atoms with E-state index in [4.69, 9.17) is 18.9 Å². The van der Waals surface area contributed by atoms with Gasteiger partial charge in [-0.25, -0.2) is 4.79 Å². The third kappa shape index (κ3) is 2.64. The fourth-order valence-electron chi connectivity index (χ4n) is 2.86. The smallest absolute Gasteiger partial charge is 0.343 e. The number of benzene rings is 2. The van der Waals surface area contributed by atoms with E-state index in [9.17, 15) is 4.79 Å². The molecule has 3 rings (SSSR count). The molecule has 1 aliphatic heterocycles. The van der Waals surface area contributed by atoms with E-state index in [1.807, 2.05) is 36.4 Å². The third-order valence-electron chi connectivity index (χ3n) is 4.00. The summed E-state index contributed by atoms with van der Waals surface area (Å²) in [5.41, 5.74) is 2.15. The minimum absolute atomic E-state index is 0.391. The van der Waals surface area contributed by atoms with Crippen LogP contribution >= 0.6 is 0 Å². The van der Waals surface area contributed by atoms with E-state index < -0.39 is 18.2 Å². The molecular formula is C18H18O5. The average molecular weight is 314 g/mol. The Labute approximate surface area is 134 Å². The van der Waals surface area contributed by atoms with Gasteiger partial charge >= 0.3 is 5.97 Å². The Morgan fingerprint density at radius 3 is 2.35 bits per heavy atom.